The molecule has 1 unspecified atom stereocenters. The summed E-state index contributed by atoms with van der Waals surface area (Å²) in [6.07, 6.45) is 6.52. The molecule has 0 spiro atoms. The highest BCUT2D eigenvalue weighted by Gasteiger charge is 2.16. The molecule has 1 atom stereocenters. The molecule has 0 aromatic heterocycles. The van der Waals surface area contributed by atoms with Gasteiger partial charge in [-0.05, 0) is 54.1 Å². The van der Waals surface area contributed by atoms with Gasteiger partial charge < -0.3 is 5.11 Å². The summed E-state index contributed by atoms with van der Waals surface area (Å²) < 4.78 is 14.2. The first-order valence-electron chi connectivity index (χ1n) is 5.98. The van der Waals surface area contributed by atoms with Crippen LogP contribution in [0.15, 0.2) is 34.3 Å². The Bertz CT molecular complexity index is 428. The van der Waals surface area contributed by atoms with Crippen molar-refractivity contribution in [3.05, 3.63) is 45.7 Å². The zero-order valence-corrected chi connectivity index (χ0v) is 11.2. The van der Waals surface area contributed by atoms with Gasteiger partial charge in [-0.1, -0.05) is 23.8 Å². The van der Waals surface area contributed by atoms with Crippen molar-refractivity contribution in [3.8, 4) is 0 Å². The van der Waals surface area contributed by atoms with Crippen molar-refractivity contribution in [1.82, 2.24) is 0 Å². The summed E-state index contributed by atoms with van der Waals surface area (Å²) in [7, 11) is 0. The van der Waals surface area contributed by atoms with Crippen LogP contribution in [0.25, 0.3) is 0 Å². The highest BCUT2D eigenvalue weighted by molar-refractivity contribution is 9.10. The van der Waals surface area contributed by atoms with Gasteiger partial charge in [0.25, 0.3) is 0 Å². The van der Waals surface area contributed by atoms with Gasteiger partial charge in [0.05, 0.1) is 10.6 Å². The van der Waals surface area contributed by atoms with E-state index in [1.165, 1.54) is 18.4 Å². The normalized spacial score (nSPS) is 17.7. The molecule has 3 heteroatoms. The lowest BCUT2D eigenvalue weighted by Crippen LogP contribution is -2.04. The molecule has 1 nitrogen and oxygen atoms in total. The molecule has 0 radical (unpaired) electrons. The summed E-state index contributed by atoms with van der Waals surface area (Å²) in [5.74, 6) is -0.351. The van der Waals surface area contributed by atoms with Crippen molar-refractivity contribution >= 4 is 15.9 Å². The van der Waals surface area contributed by atoms with E-state index in [0.717, 1.165) is 12.8 Å². The number of rotatable bonds is 3. The fourth-order valence-electron chi connectivity index (χ4n) is 2.23. The number of aliphatic hydroxyl groups is 1. The molecule has 0 fully saturated rings. The molecular formula is C14H16BrFO. The number of aliphatic hydroxyl groups excluding tert-OH is 1. The summed E-state index contributed by atoms with van der Waals surface area (Å²) in [4.78, 5) is 0. The van der Waals surface area contributed by atoms with Crippen molar-refractivity contribution in [3.63, 3.8) is 0 Å². The van der Waals surface area contributed by atoms with Crippen LogP contribution in [0.1, 0.15) is 43.8 Å². The SMILES string of the molecule is OC(CC1=CCCCC1)c1cccc(Br)c1F. The van der Waals surface area contributed by atoms with Gasteiger partial charge in [-0.25, -0.2) is 4.39 Å². The maximum absolute atomic E-state index is 13.8. The molecule has 0 saturated carbocycles. The van der Waals surface area contributed by atoms with Crippen molar-refractivity contribution in [2.75, 3.05) is 0 Å². The number of benzene rings is 1. The lowest BCUT2D eigenvalue weighted by atomic mass is 9.93. The fourth-order valence-corrected chi connectivity index (χ4v) is 2.61. The van der Waals surface area contributed by atoms with Crippen molar-refractivity contribution in [2.24, 2.45) is 0 Å². The number of hydrogen-bond donors (Lipinski definition) is 1. The maximum atomic E-state index is 13.8. The second-order valence-corrected chi connectivity index (χ2v) is 5.33. The third kappa shape index (κ3) is 3.17. The van der Waals surface area contributed by atoms with Crippen LogP contribution in [-0.2, 0) is 0 Å². The number of allylic oxidation sites excluding steroid dienone is 1. The largest absolute Gasteiger partial charge is 0.388 e. The molecule has 92 valence electrons. The van der Waals surface area contributed by atoms with Gasteiger partial charge in [-0.3, -0.25) is 0 Å². The molecule has 0 heterocycles. The zero-order chi connectivity index (χ0) is 12.3. The molecule has 1 aromatic carbocycles. The minimum atomic E-state index is -0.739. The van der Waals surface area contributed by atoms with Crippen LogP contribution in [0.2, 0.25) is 0 Å². The monoisotopic (exact) mass is 298 g/mol. The van der Waals surface area contributed by atoms with Crippen LogP contribution in [0.5, 0.6) is 0 Å². The Morgan fingerprint density at radius 1 is 1.35 bits per heavy atom. The summed E-state index contributed by atoms with van der Waals surface area (Å²) in [6, 6.07) is 5.04. The highest BCUT2D eigenvalue weighted by atomic mass is 79.9. The van der Waals surface area contributed by atoms with E-state index in [-0.39, 0.29) is 5.82 Å². The van der Waals surface area contributed by atoms with E-state index in [1.807, 2.05) is 0 Å². The third-order valence-corrected chi connectivity index (χ3v) is 3.79. The number of hydrogen-bond acceptors (Lipinski definition) is 1. The first-order chi connectivity index (χ1) is 8.18. The second kappa shape index (κ2) is 5.78. The van der Waals surface area contributed by atoms with Gasteiger partial charge in [-0.2, -0.15) is 0 Å². The van der Waals surface area contributed by atoms with Gasteiger partial charge in [0, 0.05) is 5.56 Å². The standard InChI is InChI=1S/C14H16BrFO/c15-12-8-4-7-11(14(12)16)13(17)9-10-5-2-1-3-6-10/h4-5,7-8,13,17H,1-3,6,9H2. The van der Waals surface area contributed by atoms with Crippen molar-refractivity contribution in [2.45, 2.75) is 38.2 Å². The molecule has 1 aliphatic rings. The van der Waals surface area contributed by atoms with Gasteiger partial charge in [0.15, 0.2) is 0 Å². The van der Waals surface area contributed by atoms with Crippen LogP contribution in [0.4, 0.5) is 4.39 Å². The molecule has 0 bridgehead atoms. The van der Waals surface area contributed by atoms with Crippen LogP contribution >= 0.6 is 15.9 Å². The Labute approximate surface area is 109 Å². The quantitative estimate of drug-likeness (QED) is 0.814. The van der Waals surface area contributed by atoms with Crippen LogP contribution in [-0.4, -0.2) is 5.11 Å². The van der Waals surface area contributed by atoms with E-state index in [0.29, 0.717) is 16.5 Å². The molecule has 1 aliphatic carbocycles. The Morgan fingerprint density at radius 3 is 2.88 bits per heavy atom. The fraction of sp³-hybridized carbons (Fsp3) is 0.429. The molecule has 0 amide bonds. The Kier molecular flexibility index (Phi) is 4.35. The maximum Gasteiger partial charge on any atom is 0.143 e. The van der Waals surface area contributed by atoms with Crippen LogP contribution in [0, 0.1) is 5.82 Å². The van der Waals surface area contributed by atoms with E-state index in [9.17, 15) is 9.50 Å². The Hall–Kier alpha value is -0.670. The average Bonchev–Trinajstić information content (AvgIpc) is 2.34. The minimum Gasteiger partial charge on any atom is -0.388 e. The minimum absolute atomic E-state index is 0.351. The summed E-state index contributed by atoms with van der Waals surface area (Å²) in [6.45, 7) is 0. The molecule has 17 heavy (non-hydrogen) atoms. The van der Waals surface area contributed by atoms with E-state index >= 15 is 0 Å². The van der Waals surface area contributed by atoms with Gasteiger partial charge in [0.1, 0.15) is 5.82 Å². The van der Waals surface area contributed by atoms with Crippen LogP contribution in [0.3, 0.4) is 0 Å². The summed E-state index contributed by atoms with van der Waals surface area (Å²) in [5, 5.41) is 10.1. The van der Waals surface area contributed by atoms with E-state index in [1.54, 1.807) is 18.2 Å². The first-order valence-corrected chi connectivity index (χ1v) is 6.77. The molecule has 2 rings (SSSR count). The molecule has 0 aliphatic heterocycles. The molecule has 1 N–H and O–H groups in total. The van der Waals surface area contributed by atoms with Gasteiger partial charge >= 0.3 is 0 Å². The van der Waals surface area contributed by atoms with Crippen molar-refractivity contribution < 1.29 is 9.50 Å². The topological polar surface area (TPSA) is 20.2 Å². The zero-order valence-electron chi connectivity index (χ0n) is 9.63. The lowest BCUT2D eigenvalue weighted by molar-refractivity contribution is 0.171. The second-order valence-electron chi connectivity index (χ2n) is 4.47. The van der Waals surface area contributed by atoms with E-state index in [2.05, 4.69) is 22.0 Å². The van der Waals surface area contributed by atoms with E-state index < -0.39 is 6.10 Å². The van der Waals surface area contributed by atoms with Crippen LogP contribution < -0.4 is 0 Å². The predicted molar refractivity (Wildman–Crippen MR) is 70.2 cm³/mol. The average molecular weight is 299 g/mol. The smallest absolute Gasteiger partial charge is 0.143 e. The first kappa shape index (κ1) is 12.8. The number of halogens is 2. The molecule has 1 aromatic rings. The van der Waals surface area contributed by atoms with Gasteiger partial charge in [-0.15, -0.1) is 0 Å². The lowest BCUT2D eigenvalue weighted by Gasteiger charge is -2.17. The van der Waals surface area contributed by atoms with Crippen molar-refractivity contribution in [1.29, 1.82) is 0 Å². The third-order valence-electron chi connectivity index (χ3n) is 3.18. The molecular weight excluding hydrogens is 283 g/mol. The summed E-state index contributed by atoms with van der Waals surface area (Å²) in [5.41, 5.74) is 1.63. The Balaban J connectivity index is 2.11. The highest BCUT2D eigenvalue weighted by Crippen LogP contribution is 2.30. The summed E-state index contributed by atoms with van der Waals surface area (Å²) >= 11 is 3.14. The van der Waals surface area contributed by atoms with Gasteiger partial charge in [0.2, 0.25) is 0 Å². The Morgan fingerprint density at radius 2 is 2.18 bits per heavy atom. The predicted octanol–water partition coefficient (Wildman–Crippen LogP) is 4.51. The molecule has 0 saturated heterocycles. The van der Waals surface area contributed by atoms with E-state index in [4.69, 9.17) is 0 Å².